The molecule has 0 unspecified atom stereocenters. The number of hydrogen-bond donors (Lipinski definition) is 2. The van der Waals surface area contributed by atoms with Gasteiger partial charge in [0, 0.05) is 18.0 Å². The Kier molecular flexibility index (Phi) is 8.15. The maximum absolute atomic E-state index is 12.9. The van der Waals surface area contributed by atoms with Gasteiger partial charge in [-0.15, -0.1) is 23.4 Å². The first-order valence-corrected chi connectivity index (χ1v) is 11.9. The van der Waals surface area contributed by atoms with Crippen molar-refractivity contribution >= 4 is 29.4 Å². The summed E-state index contributed by atoms with van der Waals surface area (Å²) in [6, 6.07) is 6.53. The van der Waals surface area contributed by atoms with E-state index in [1.54, 1.807) is 27.4 Å². The summed E-state index contributed by atoms with van der Waals surface area (Å²) in [6.07, 6.45) is 3.08. The van der Waals surface area contributed by atoms with Crippen LogP contribution in [0.5, 0.6) is 17.2 Å². The smallest absolute Gasteiger partial charge is 0.315 e. The highest BCUT2D eigenvalue weighted by Gasteiger charge is 2.29. The van der Waals surface area contributed by atoms with Crippen LogP contribution >= 0.6 is 23.4 Å². The highest BCUT2D eigenvalue weighted by Crippen LogP contribution is 2.50. The summed E-state index contributed by atoms with van der Waals surface area (Å²) in [5.74, 6) is 1.88. The lowest BCUT2D eigenvalue weighted by molar-refractivity contribution is 0.237. The molecule has 0 heterocycles. The van der Waals surface area contributed by atoms with Crippen LogP contribution in [0.3, 0.4) is 0 Å². The first-order chi connectivity index (χ1) is 15.5. The number of alkyl halides is 1. The van der Waals surface area contributed by atoms with Crippen LogP contribution in [-0.2, 0) is 6.42 Å². The molecule has 3 rings (SSSR count). The summed E-state index contributed by atoms with van der Waals surface area (Å²) in [6.45, 7) is 0.349. The Morgan fingerprint density at radius 1 is 1.16 bits per heavy atom. The topological polar surface area (TPSA) is 85.9 Å². The van der Waals surface area contributed by atoms with E-state index in [2.05, 4.69) is 10.6 Å². The highest BCUT2D eigenvalue weighted by atomic mass is 35.5. The molecular weight excluding hydrogens is 452 g/mol. The fourth-order valence-corrected chi connectivity index (χ4v) is 4.55. The van der Waals surface area contributed by atoms with Gasteiger partial charge in [0.05, 0.1) is 32.3 Å². The van der Waals surface area contributed by atoms with Crippen molar-refractivity contribution in [3.05, 3.63) is 45.6 Å². The van der Waals surface area contributed by atoms with Crippen LogP contribution in [0.15, 0.2) is 34.0 Å². The average molecular weight is 479 g/mol. The zero-order chi connectivity index (χ0) is 23.3. The Morgan fingerprint density at radius 3 is 2.53 bits per heavy atom. The number of fused-ring (bicyclic) bond motifs is 3. The molecule has 172 valence electrons. The molecule has 9 heteroatoms. The van der Waals surface area contributed by atoms with E-state index in [1.807, 2.05) is 24.5 Å². The standard InChI is InChI=1S/C23H27ClN2O5S/c1-29-18-11-13-5-7-16(26-23(28)25-10-9-24)15-12-17(27)19(32-4)8-6-14(15)20(13)22(31-3)21(18)30-2/h6,8,11-12,16H,5,7,9-10H2,1-4H3,(H2,25,26,28)/t16-/m1/s1. The molecule has 32 heavy (non-hydrogen) atoms. The van der Waals surface area contributed by atoms with E-state index in [1.165, 1.54) is 11.8 Å². The molecule has 1 atom stereocenters. The van der Waals surface area contributed by atoms with Crippen LogP contribution < -0.4 is 30.3 Å². The van der Waals surface area contributed by atoms with Crippen LogP contribution in [-0.4, -0.2) is 46.0 Å². The summed E-state index contributed by atoms with van der Waals surface area (Å²) in [4.78, 5) is 25.9. The van der Waals surface area contributed by atoms with Crippen LogP contribution in [0.4, 0.5) is 4.79 Å². The van der Waals surface area contributed by atoms with Crippen molar-refractivity contribution in [2.45, 2.75) is 23.8 Å². The zero-order valence-electron chi connectivity index (χ0n) is 18.5. The second-order valence-electron chi connectivity index (χ2n) is 7.14. The van der Waals surface area contributed by atoms with Gasteiger partial charge in [0.1, 0.15) is 0 Å². The van der Waals surface area contributed by atoms with Gasteiger partial charge in [-0.25, -0.2) is 4.79 Å². The van der Waals surface area contributed by atoms with Gasteiger partial charge in [0.15, 0.2) is 16.9 Å². The van der Waals surface area contributed by atoms with E-state index < -0.39 is 0 Å². The Bertz CT molecular complexity index is 1060. The molecule has 0 aromatic heterocycles. The van der Waals surface area contributed by atoms with Crippen LogP contribution in [0.2, 0.25) is 0 Å². The average Bonchev–Trinajstić information content (AvgIpc) is 3.04. The van der Waals surface area contributed by atoms with E-state index >= 15 is 0 Å². The first kappa shape index (κ1) is 24.1. The molecule has 2 amide bonds. The maximum Gasteiger partial charge on any atom is 0.315 e. The van der Waals surface area contributed by atoms with Gasteiger partial charge in [-0.1, -0.05) is 6.07 Å². The predicted molar refractivity (Wildman–Crippen MR) is 128 cm³/mol. The fraction of sp³-hybridized carbons (Fsp3) is 0.391. The lowest BCUT2D eigenvalue weighted by Gasteiger charge is -2.20. The van der Waals surface area contributed by atoms with Crippen molar-refractivity contribution in [1.29, 1.82) is 0 Å². The molecule has 2 aromatic rings. The highest BCUT2D eigenvalue weighted by molar-refractivity contribution is 7.98. The summed E-state index contributed by atoms with van der Waals surface area (Å²) in [7, 11) is 4.71. The van der Waals surface area contributed by atoms with Gasteiger partial charge in [-0.3, -0.25) is 4.79 Å². The minimum absolute atomic E-state index is 0.102. The summed E-state index contributed by atoms with van der Waals surface area (Å²) in [5, 5.41) is 5.73. The van der Waals surface area contributed by atoms with Crippen LogP contribution in [0, 0.1) is 0 Å². The second-order valence-corrected chi connectivity index (χ2v) is 8.37. The number of aryl methyl sites for hydroxylation is 1. The quantitative estimate of drug-likeness (QED) is 0.462. The van der Waals surface area contributed by atoms with Gasteiger partial charge < -0.3 is 24.8 Å². The van der Waals surface area contributed by atoms with Gasteiger partial charge in [0.25, 0.3) is 0 Å². The molecule has 7 nitrogen and oxygen atoms in total. The molecule has 0 saturated heterocycles. The molecule has 2 N–H and O–H groups in total. The number of carbonyl (C=O) groups excluding carboxylic acids is 1. The molecule has 0 bridgehead atoms. The number of hydrogen-bond acceptors (Lipinski definition) is 6. The van der Waals surface area contributed by atoms with E-state index in [0.29, 0.717) is 47.4 Å². The fourth-order valence-electron chi connectivity index (χ4n) is 3.99. The largest absolute Gasteiger partial charge is 0.493 e. The minimum Gasteiger partial charge on any atom is -0.493 e. The number of rotatable bonds is 7. The van der Waals surface area contributed by atoms with Crippen LogP contribution in [0.25, 0.3) is 11.1 Å². The Hall–Kier alpha value is -2.58. The van der Waals surface area contributed by atoms with Crippen molar-refractivity contribution in [2.24, 2.45) is 0 Å². The summed E-state index contributed by atoms with van der Waals surface area (Å²) >= 11 is 7.08. The molecule has 1 aliphatic carbocycles. The molecule has 0 spiro atoms. The number of carbonyl (C=O) groups is 1. The number of ether oxygens (including phenoxy) is 3. The van der Waals surface area contributed by atoms with Gasteiger partial charge in [-0.05, 0) is 54.0 Å². The second kappa shape index (κ2) is 10.8. The lowest BCUT2D eigenvalue weighted by Crippen LogP contribution is -2.39. The Labute approximate surface area is 196 Å². The normalized spacial score (nSPS) is 14.5. The SMILES string of the molecule is COc1cc2c(c(OC)c1OC)-c1ccc(SC)c(=O)cc1[C@H](NC(=O)NCCCl)CC2. The van der Waals surface area contributed by atoms with Crippen molar-refractivity contribution < 1.29 is 19.0 Å². The Morgan fingerprint density at radius 2 is 1.91 bits per heavy atom. The predicted octanol–water partition coefficient (Wildman–Crippen LogP) is 3.99. The first-order valence-electron chi connectivity index (χ1n) is 10.1. The number of nitrogens with one attached hydrogen (secondary N) is 2. The van der Waals surface area contributed by atoms with E-state index in [-0.39, 0.29) is 17.5 Å². The number of halogens is 1. The maximum atomic E-state index is 12.9. The third kappa shape index (κ3) is 4.76. The Balaban J connectivity index is 2.28. The van der Waals surface area contributed by atoms with E-state index in [4.69, 9.17) is 25.8 Å². The van der Waals surface area contributed by atoms with E-state index in [9.17, 15) is 9.59 Å². The number of urea groups is 1. The number of amides is 2. The third-order valence-corrected chi connectivity index (χ3v) is 6.37. The van der Waals surface area contributed by atoms with Crippen LogP contribution in [0.1, 0.15) is 23.6 Å². The molecule has 1 aliphatic rings. The van der Waals surface area contributed by atoms with Crippen molar-refractivity contribution in [3.8, 4) is 28.4 Å². The van der Waals surface area contributed by atoms with Gasteiger partial charge in [0.2, 0.25) is 5.75 Å². The number of benzene rings is 1. The van der Waals surface area contributed by atoms with Gasteiger partial charge in [-0.2, -0.15) is 0 Å². The number of methoxy groups -OCH3 is 3. The molecule has 0 aliphatic heterocycles. The zero-order valence-corrected chi connectivity index (χ0v) is 20.1. The molecule has 0 radical (unpaired) electrons. The molecule has 0 saturated carbocycles. The molecule has 0 fully saturated rings. The van der Waals surface area contributed by atoms with Crippen molar-refractivity contribution in [1.82, 2.24) is 10.6 Å². The van der Waals surface area contributed by atoms with Gasteiger partial charge >= 0.3 is 6.03 Å². The van der Waals surface area contributed by atoms with Crippen molar-refractivity contribution in [2.75, 3.05) is 40.0 Å². The monoisotopic (exact) mass is 478 g/mol. The van der Waals surface area contributed by atoms with Crippen molar-refractivity contribution in [3.63, 3.8) is 0 Å². The van der Waals surface area contributed by atoms with E-state index in [0.717, 1.165) is 22.3 Å². The summed E-state index contributed by atoms with van der Waals surface area (Å²) < 4.78 is 16.9. The third-order valence-electron chi connectivity index (χ3n) is 5.41. The summed E-state index contributed by atoms with van der Waals surface area (Å²) in [5.41, 5.74) is 3.23. The molecular formula is C23H27ClN2O5S. The lowest BCUT2D eigenvalue weighted by atomic mass is 9.95. The number of thioether (sulfide) groups is 1. The minimum atomic E-state index is -0.385. The molecule has 2 aromatic carbocycles.